The molecule has 1 aliphatic rings. The molecular weight excluding hydrogens is 492 g/mol. The van der Waals surface area contributed by atoms with E-state index in [1.807, 2.05) is 0 Å². The minimum atomic E-state index is -4.38. The van der Waals surface area contributed by atoms with Gasteiger partial charge in [-0.2, -0.15) is 0 Å². The Bertz CT molecular complexity index is 1400. The predicted molar refractivity (Wildman–Crippen MR) is 121 cm³/mol. The van der Waals surface area contributed by atoms with Gasteiger partial charge in [0, 0.05) is 5.56 Å². The van der Waals surface area contributed by atoms with Crippen LogP contribution in [0.2, 0.25) is 5.02 Å². The summed E-state index contributed by atoms with van der Waals surface area (Å²) in [5.41, 5.74) is 0.502. The molecule has 178 valence electrons. The summed E-state index contributed by atoms with van der Waals surface area (Å²) in [6, 6.07) is 10.2. The first-order valence-electron chi connectivity index (χ1n) is 9.83. The van der Waals surface area contributed by atoms with Crippen LogP contribution in [0, 0.1) is 5.82 Å². The first-order chi connectivity index (χ1) is 16.2. The number of carbonyl (C=O) groups is 1. The Morgan fingerprint density at radius 2 is 1.82 bits per heavy atom. The van der Waals surface area contributed by atoms with Crippen LogP contribution in [0.15, 0.2) is 53.4 Å². The molecule has 1 atom stereocenters. The van der Waals surface area contributed by atoms with Crippen LogP contribution >= 0.6 is 11.6 Å². The molecule has 0 spiro atoms. The number of halogens is 3. The average Bonchev–Trinajstić information content (AvgIpc) is 2.81. The van der Waals surface area contributed by atoms with E-state index in [1.165, 1.54) is 32.4 Å². The maximum absolute atomic E-state index is 14.2. The minimum Gasteiger partial charge on any atom is -0.495 e. The number of benzene rings is 3. The maximum Gasteiger partial charge on any atom is 0.338 e. The van der Waals surface area contributed by atoms with Gasteiger partial charge in [-0.05, 0) is 47.5 Å². The van der Waals surface area contributed by atoms with E-state index in [1.54, 1.807) is 6.07 Å². The Morgan fingerprint density at radius 3 is 2.50 bits per heavy atom. The number of carbonyl (C=O) groups excluding carboxylic acids is 1. The zero-order chi connectivity index (χ0) is 24.6. The number of esters is 1. The number of nitrogens with one attached hydrogen (secondary N) is 1. The molecule has 0 amide bonds. The lowest BCUT2D eigenvalue weighted by Crippen LogP contribution is -2.17. The fraction of sp³-hybridized carbons (Fsp3) is 0.174. The summed E-state index contributed by atoms with van der Waals surface area (Å²) >= 11 is 6.19. The van der Waals surface area contributed by atoms with Gasteiger partial charge in [0.2, 0.25) is 0 Å². The summed E-state index contributed by atoms with van der Waals surface area (Å²) in [7, 11) is -1.81. The Hall–Kier alpha value is -3.37. The van der Waals surface area contributed by atoms with Gasteiger partial charge in [-0.1, -0.05) is 23.7 Å². The summed E-state index contributed by atoms with van der Waals surface area (Å²) in [5.74, 6) is -1.69. The number of alkyl halides is 1. The lowest BCUT2D eigenvalue weighted by atomic mass is 9.95. The second-order valence-corrected chi connectivity index (χ2v) is 9.35. The summed E-state index contributed by atoms with van der Waals surface area (Å²) in [6.45, 7) is -1.11. The fourth-order valence-corrected chi connectivity index (χ4v) is 5.30. The SMILES string of the molecule is COc1ccc2cc1NS(=O)(=O)c1cc(cc(Cl)c1OC)C(=O)OC(CF)c1ccc(F)cc1-2. The molecule has 1 unspecified atom stereocenters. The molecule has 11 heteroatoms. The molecule has 7 nitrogen and oxygen atoms in total. The molecule has 0 aliphatic carbocycles. The van der Waals surface area contributed by atoms with Gasteiger partial charge in [0.1, 0.15) is 23.1 Å². The number of hydrogen-bond donors (Lipinski definition) is 1. The Balaban J connectivity index is 2.06. The van der Waals surface area contributed by atoms with Crippen LogP contribution in [0.5, 0.6) is 11.5 Å². The molecule has 1 N–H and O–H groups in total. The molecule has 4 bridgehead atoms. The van der Waals surface area contributed by atoms with Crippen molar-refractivity contribution in [2.24, 2.45) is 0 Å². The van der Waals surface area contributed by atoms with Crippen molar-refractivity contribution in [1.82, 2.24) is 0 Å². The van der Waals surface area contributed by atoms with Crippen LogP contribution in [0.25, 0.3) is 11.1 Å². The molecule has 34 heavy (non-hydrogen) atoms. The zero-order valence-corrected chi connectivity index (χ0v) is 19.5. The quantitative estimate of drug-likeness (QED) is 0.491. The van der Waals surface area contributed by atoms with Crippen LogP contribution in [0.4, 0.5) is 14.5 Å². The van der Waals surface area contributed by atoms with Crippen LogP contribution in [0.1, 0.15) is 22.0 Å². The third kappa shape index (κ3) is 4.26. The average molecular weight is 510 g/mol. The van der Waals surface area contributed by atoms with Gasteiger partial charge < -0.3 is 14.2 Å². The highest BCUT2D eigenvalue weighted by molar-refractivity contribution is 7.92. The molecule has 3 aromatic carbocycles. The van der Waals surface area contributed by atoms with Gasteiger partial charge in [0.25, 0.3) is 10.0 Å². The number of cyclic esters (lactones) is 1. The third-order valence-corrected chi connectivity index (χ3v) is 6.90. The highest BCUT2D eigenvalue weighted by Crippen LogP contribution is 2.40. The Kier molecular flexibility index (Phi) is 6.37. The lowest BCUT2D eigenvalue weighted by Gasteiger charge is -2.19. The van der Waals surface area contributed by atoms with Crippen molar-refractivity contribution in [3.05, 3.63) is 70.5 Å². The molecule has 0 saturated carbocycles. The summed E-state index contributed by atoms with van der Waals surface area (Å²) in [6.07, 6.45) is -1.40. The minimum absolute atomic E-state index is 0.0158. The molecule has 1 aliphatic heterocycles. The van der Waals surface area contributed by atoms with Gasteiger partial charge in [0.05, 0.1) is 30.5 Å². The summed E-state index contributed by atoms with van der Waals surface area (Å²) in [5, 5.41) is -0.174. The van der Waals surface area contributed by atoms with Crippen molar-refractivity contribution in [2.45, 2.75) is 11.0 Å². The standard InChI is InChI=1S/C23H18ClF2NO6S/c1-31-19-6-3-12-8-18(19)27-34(29,30)21-9-13(7-17(24)22(21)32-2)23(28)33-20(11-25)15-5-4-14(26)10-16(12)15/h3-10,20,27H,11H2,1-2H3. The van der Waals surface area contributed by atoms with Gasteiger partial charge in [-0.15, -0.1) is 0 Å². The number of sulfonamides is 1. The van der Waals surface area contributed by atoms with Crippen molar-refractivity contribution in [1.29, 1.82) is 0 Å². The summed E-state index contributed by atoms with van der Waals surface area (Å²) in [4.78, 5) is 12.4. The first kappa shape index (κ1) is 23.8. The van der Waals surface area contributed by atoms with E-state index >= 15 is 0 Å². The van der Waals surface area contributed by atoms with E-state index in [-0.39, 0.29) is 38.9 Å². The number of ether oxygens (including phenoxy) is 3. The van der Waals surface area contributed by atoms with Crippen molar-refractivity contribution in [3.8, 4) is 22.6 Å². The van der Waals surface area contributed by atoms with Crippen LogP contribution in [0.3, 0.4) is 0 Å². The first-order valence-corrected chi connectivity index (χ1v) is 11.7. The van der Waals surface area contributed by atoms with Gasteiger partial charge in [0.15, 0.2) is 11.9 Å². The second-order valence-electron chi connectivity index (χ2n) is 7.29. The van der Waals surface area contributed by atoms with E-state index in [9.17, 15) is 22.0 Å². The van der Waals surface area contributed by atoms with Gasteiger partial charge in [-0.25, -0.2) is 22.0 Å². The third-order valence-electron chi connectivity index (χ3n) is 5.25. The van der Waals surface area contributed by atoms with E-state index in [0.29, 0.717) is 5.56 Å². The topological polar surface area (TPSA) is 90.9 Å². The van der Waals surface area contributed by atoms with E-state index in [2.05, 4.69) is 4.72 Å². The molecule has 3 aromatic rings. The number of hydrogen-bond acceptors (Lipinski definition) is 6. The highest BCUT2D eigenvalue weighted by Gasteiger charge is 2.29. The number of methoxy groups -OCH3 is 2. The van der Waals surface area contributed by atoms with Crippen LogP contribution in [-0.4, -0.2) is 35.3 Å². The Labute approximate surface area is 199 Å². The zero-order valence-electron chi connectivity index (χ0n) is 17.9. The van der Waals surface area contributed by atoms with Crippen molar-refractivity contribution >= 4 is 33.3 Å². The van der Waals surface area contributed by atoms with E-state index in [4.69, 9.17) is 25.8 Å². The number of fused-ring (bicyclic) bond motifs is 6. The smallest absolute Gasteiger partial charge is 0.338 e. The molecule has 1 heterocycles. The highest BCUT2D eigenvalue weighted by atomic mass is 35.5. The van der Waals surface area contributed by atoms with Crippen molar-refractivity contribution in [2.75, 3.05) is 25.6 Å². The van der Waals surface area contributed by atoms with Crippen molar-refractivity contribution in [3.63, 3.8) is 0 Å². The van der Waals surface area contributed by atoms with Gasteiger partial charge >= 0.3 is 5.97 Å². The fourth-order valence-electron chi connectivity index (χ4n) is 3.67. The predicted octanol–water partition coefficient (Wildman–Crippen LogP) is 5.15. The Morgan fingerprint density at radius 1 is 1.06 bits per heavy atom. The largest absolute Gasteiger partial charge is 0.495 e. The lowest BCUT2D eigenvalue weighted by molar-refractivity contribution is 0.0235. The van der Waals surface area contributed by atoms with Crippen molar-refractivity contribution < 1.29 is 36.2 Å². The van der Waals surface area contributed by atoms with Crippen LogP contribution < -0.4 is 14.2 Å². The number of rotatable bonds is 3. The molecule has 0 radical (unpaired) electrons. The normalized spacial score (nSPS) is 16.6. The van der Waals surface area contributed by atoms with Gasteiger partial charge in [-0.3, -0.25) is 4.72 Å². The molecule has 0 saturated heterocycles. The number of anilines is 1. The molecule has 0 aromatic heterocycles. The maximum atomic E-state index is 14.2. The summed E-state index contributed by atoms with van der Waals surface area (Å²) < 4.78 is 73.1. The molecular formula is C23H18ClF2NO6S. The van der Waals surface area contributed by atoms with Crippen LogP contribution in [-0.2, 0) is 14.8 Å². The second kappa shape index (κ2) is 9.11. The van der Waals surface area contributed by atoms with E-state index < -0.39 is 39.5 Å². The molecule has 4 rings (SSSR count). The monoisotopic (exact) mass is 509 g/mol. The molecule has 0 fully saturated rings. The van der Waals surface area contributed by atoms with E-state index in [0.717, 1.165) is 24.3 Å².